The van der Waals surface area contributed by atoms with E-state index in [0.717, 1.165) is 59.3 Å². The molecule has 2 aliphatic rings. The number of carbonyl (C=O) groups excluding carboxylic acids is 1. The molecule has 2 saturated carbocycles. The number of aromatic hydroxyl groups is 1. The SMILES string of the molecule is C[C@H]1CC[C@H](Nc2c(C(=O)C3CC3)cnc3ccc(-c4cc(Cl)c(O)c(Cl)c4)cc23)CC1. The highest BCUT2D eigenvalue weighted by molar-refractivity contribution is 6.37. The number of fused-ring (bicyclic) bond motifs is 1. The Balaban J connectivity index is 1.62. The molecule has 0 aliphatic heterocycles. The van der Waals surface area contributed by atoms with Gasteiger partial charge in [0.1, 0.15) is 0 Å². The van der Waals surface area contributed by atoms with Gasteiger partial charge in [-0.15, -0.1) is 0 Å². The number of carbonyl (C=O) groups is 1. The third kappa shape index (κ3) is 4.18. The summed E-state index contributed by atoms with van der Waals surface area (Å²) < 4.78 is 0. The molecule has 0 saturated heterocycles. The van der Waals surface area contributed by atoms with E-state index < -0.39 is 0 Å². The van der Waals surface area contributed by atoms with E-state index in [1.54, 1.807) is 18.3 Å². The fourth-order valence-electron chi connectivity index (χ4n) is 4.62. The number of phenolic OH excluding ortho intramolecular Hbond substituents is 1. The summed E-state index contributed by atoms with van der Waals surface area (Å²) in [5, 5.41) is 15.0. The fraction of sp³-hybridized carbons (Fsp3) is 0.385. The number of pyridine rings is 1. The normalized spacial score (nSPS) is 21.0. The van der Waals surface area contributed by atoms with Gasteiger partial charge in [-0.1, -0.05) is 36.2 Å². The quantitative estimate of drug-likeness (QED) is 0.380. The molecule has 1 aromatic heterocycles. The number of nitrogens with one attached hydrogen (secondary N) is 1. The van der Waals surface area contributed by atoms with Crippen molar-refractivity contribution in [1.82, 2.24) is 4.98 Å². The van der Waals surface area contributed by atoms with Crippen LogP contribution in [0.1, 0.15) is 55.8 Å². The van der Waals surface area contributed by atoms with Crippen molar-refractivity contribution in [3.05, 3.63) is 52.1 Å². The maximum atomic E-state index is 13.1. The number of Topliss-reactive ketones (excluding diaryl/α,β-unsaturated/α-hetero) is 1. The third-order valence-corrected chi connectivity index (χ3v) is 7.37. The number of nitrogens with zero attached hydrogens (tertiary/aromatic N) is 1. The molecule has 2 N–H and O–H groups in total. The van der Waals surface area contributed by atoms with Crippen molar-refractivity contribution in [1.29, 1.82) is 0 Å². The molecule has 0 amide bonds. The molecule has 166 valence electrons. The minimum Gasteiger partial charge on any atom is -0.505 e. The van der Waals surface area contributed by atoms with E-state index in [1.807, 2.05) is 18.2 Å². The van der Waals surface area contributed by atoms with Crippen LogP contribution in [0.5, 0.6) is 5.75 Å². The van der Waals surface area contributed by atoms with Crippen LogP contribution >= 0.6 is 23.2 Å². The van der Waals surface area contributed by atoms with Gasteiger partial charge in [0.15, 0.2) is 11.5 Å². The van der Waals surface area contributed by atoms with Crippen molar-refractivity contribution in [3.8, 4) is 16.9 Å². The zero-order chi connectivity index (χ0) is 22.4. The van der Waals surface area contributed by atoms with Crippen LogP contribution in [0.2, 0.25) is 10.0 Å². The molecule has 2 aromatic carbocycles. The smallest absolute Gasteiger partial charge is 0.169 e. The number of aromatic nitrogens is 1. The van der Waals surface area contributed by atoms with Gasteiger partial charge < -0.3 is 10.4 Å². The molecule has 0 spiro atoms. The lowest BCUT2D eigenvalue weighted by molar-refractivity contribution is 0.0968. The van der Waals surface area contributed by atoms with E-state index in [0.29, 0.717) is 11.6 Å². The van der Waals surface area contributed by atoms with E-state index in [-0.39, 0.29) is 27.5 Å². The van der Waals surface area contributed by atoms with Gasteiger partial charge in [-0.05, 0) is 79.8 Å². The summed E-state index contributed by atoms with van der Waals surface area (Å²) in [7, 11) is 0. The van der Waals surface area contributed by atoms with E-state index in [4.69, 9.17) is 23.2 Å². The average Bonchev–Trinajstić information content (AvgIpc) is 3.63. The van der Waals surface area contributed by atoms with Crippen LogP contribution in [-0.2, 0) is 0 Å². The minimum atomic E-state index is -0.120. The Morgan fingerprint density at radius 2 is 1.69 bits per heavy atom. The number of anilines is 1. The third-order valence-electron chi connectivity index (χ3n) is 6.80. The fourth-order valence-corrected chi connectivity index (χ4v) is 5.11. The van der Waals surface area contributed by atoms with E-state index in [1.165, 1.54) is 12.8 Å². The van der Waals surface area contributed by atoms with Crippen LogP contribution in [0.25, 0.3) is 22.0 Å². The van der Waals surface area contributed by atoms with Gasteiger partial charge in [0.25, 0.3) is 0 Å². The van der Waals surface area contributed by atoms with Crippen LogP contribution in [0.15, 0.2) is 36.5 Å². The number of hydrogen-bond donors (Lipinski definition) is 2. The van der Waals surface area contributed by atoms with Gasteiger partial charge in [0, 0.05) is 23.5 Å². The van der Waals surface area contributed by atoms with Crippen LogP contribution in [0.3, 0.4) is 0 Å². The van der Waals surface area contributed by atoms with E-state index >= 15 is 0 Å². The van der Waals surface area contributed by atoms with Crippen molar-refractivity contribution >= 4 is 45.6 Å². The maximum Gasteiger partial charge on any atom is 0.169 e. The van der Waals surface area contributed by atoms with Crippen molar-refractivity contribution in [2.45, 2.75) is 51.5 Å². The second-order valence-corrected chi connectivity index (χ2v) is 10.1. The van der Waals surface area contributed by atoms with E-state index in [9.17, 15) is 9.90 Å². The zero-order valence-electron chi connectivity index (χ0n) is 18.0. The number of halogens is 2. The number of benzene rings is 2. The summed E-state index contributed by atoms with van der Waals surface area (Å²) in [6.45, 7) is 2.31. The van der Waals surface area contributed by atoms with Gasteiger partial charge in [0.2, 0.25) is 0 Å². The molecule has 3 aromatic rings. The molecule has 1 heterocycles. The Morgan fingerprint density at radius 1 is 1.00 bits per heavy atom. The first-order chi connectivity index (χ1) is 15.4. The standard InChI is InChI=1S/C26H26Cl2N2O2/c1-14-2-7-18(8-3-14)30-24-19-10-16(17-11-21(27)26(32)22(28)12-17)6-9-23(19)29-13-20(24)25(31)15-4-5-15/h6,9-15,18,32H,2-5,7-8H2,1H3,(H,29,30)/t14-,18-. The molecule has 2 aliphatic carbocycles. The monoisotopic (exact) mass is 468 g/mol. The molecule has 0 bridgehead atoms. The lowest BCUT2D eigenvalue weighted by atomic mass is 9.87. The first-order valence-corrected chi connectivity index (χ1v) is 12.1. The highest BCUT2D eigenvalue weighted by Gasteiger charge is 2.33. The Hall–Kier alpha value is -2.30. The Kier molecular flexibility index (Phi) is 5.77. The first kappa shape index (κ1) is 21.5. The lowest BCUT2D eigenvalue weighted by Crippen LogP contribution is -2.26. The summed E-state index contributed by atoms with van der Waals surface area (Å²) >= 11 is 12.3. The largest absolute Gasteiger partial charge is 0.505 e. The van der Waals surface area contributed by atoms with E-state index in [2.05, 4.69) is 17.2 Å². The Labute approximate surface area is 198 Å². The lowest BCUT2D eigenvalue weighted by Gasteiger charge is -2.29. The van der Waals surface area contributed by atoms with Crippen LogP contribution in [0, 0.1) is 11.8 Å². The molecular formula is C26H26Cl2N2O2. The van der Waals surface area contributed by atoms with Crippen LogP contribution < -0.4 is 5.32 Å². The zero-order valence-corrected chi connectivity index (χ0v) is 19.5. The number of phenols is 1. The van der Waals surface area contributed by atoms with Crippen LogP contribution in [-0.4, -0.2) is 21.9 Å². The number of rotatable bonds is 5. The number of ketones is 1. The van der Waals surface area contributed by atoms with Crippen LogP contribution in [0.4, 0.5) is 5.69 Å². The molecule has 0 atom stereocenters. The Morgan fingerprint density at radius 3 is 2.34 bits per heavy atom. The molecule has 5 rings (SSSR count). The van der Waals surface area contributed by atoms with Crippen molar-refractivity contribution in [2.75, 3.05) is 5.32 Å². The highest BCUT2D eigenvalue weighted by Crippen LogP contribution is 2.40. The summed E-state index contributed by atoms with van der Waals surface area (Å²) in [6.07, 6.45) is 8.26. The van der Waals surface area contributed by atoms with Gasteiger partial charge in [-0.3, -0.25) is 9.78 Å². The predicted molar refractivity (Wildman–Crippen MR) is 131 cm³/mol. The van der Waals surface area contributed by atoms with Crippen molar-refractivity contribution < 1.29 is 9.90 Å². The molecule has 2 fully saturated rings. The Bertz CT molecular complexity index is 1170. The summed E-state index contributed by atoms with van der Waals surface area (Å²) in [5.41, 5.74) is 4.13. The molecule has 0 unspecified atom stereocenters. The summed E-state index contributed by atoms with van der Waals surface area (Å²) in [5.74, 6) is 0.947. The molecular weight excluding hydrogens is 443 g/mol. The summed E-state index contributed by atoms with van der Waals surface area (Å²) in [4.78, 5) is 17.7. The minimum absolute atomic E-state index is 0.120. The van der Waals surface area contributed by atoms with Crippen molar-refractivity contribution in [2.24, 2.45) is 11.8 Å². The topological polar surface area (TPSA) is 62.2 Å². The molecule has 32 heavy (non-hydrogen) atoms. The molecule has 4 nitrogen and oxygen atoms in total. The second kappa shape index (κ2) is 8.57. The van der Waals surface area contributed by atoms with Gasteiger partial charge in [0.05, 0.1) is 26.8 Å². The van der Waals surface area contributed by atoms with Gasteiger partial charge in [-0.25, -0.2) is 0 Å². The predicted octanol–water partition coefficient (Wildman–Crippen LogP) is 7.50. The summed E-state index contributed by atoms with van der Waals surface area (Å²) in [6, 6.07) is 9.71. The molecule has 0 radical (unpaired) electrons. The average molecular weight is 469 g/mol. The maximum absolute atomic E-state index is 13.1. The number of hydrogen-bond acceptors (Lipinski definition) is 4. The second-order valence-electron chi connectivity index (χ2n) is 9.31. The highest BCUT2D eigenvalue weighted by atomic mass is 35.5. The molecule has 6 heteroatoms. The van der Waals surface area contributed by atoms with Crippen molar-refractivity contribution in [3.63, 3.8) is 0 Å². The van der Waals surface area contributed by atoms with Gasteiger partial charge in [-0.2, -0.15) is 0 Å². The van der Waals surface area contributed by atoms with Gasteiger partial charge >= 0.3 is 0 Å². The first-order valence-electron chi connectivity index (χ1n) is 11.3.